The molecule has 1 unspecified atom stereocenters. The second-order valence-corrected chi connectivity index (χ2v) is 7.45. The highest BCUT2D eigenvalue weighted by Gasteiger charge is 2.38. The summed E-state index contributed by atoms with van der Waals surface area (Å²) in [6.07, 6.45) is 0.422. The molecule has 1 atom stereocenters. The minimum atomic E-state index is -1.16. The first-order valence-corrected chi connectivity index (χ1v) is 9.74. The van der Waals surface area contributed by atoms with Crippen molar-refractivity contribution in [1.29, 1.82) is 0 Å². The van der Waals surface area contributed by atoms with Gasteiger partial charge in [0.05, 0.1) is 19.1 Å². The average Bonchev–Trinajstić information content (AvgIpc) is 2.76. The van der Waals surface area contributed by atoms with Gasteiger partial charge in [0.25, 0.3) is 0 Å². The quantitative estimate of drug-likeness (QED) is 0.719. The van der Waals surface area contributed by atoms with Gasteiger partial charge in [0.15, 0.2) is 0 Å². The van der Waals surface area contributed by atoms with Crippen molar-refractivity contribution in [3.63, 3.8) is 0 Å². The second-order valence-electron chi connectivity index (χ2n) is 7.45. The van der Waals surface area contributed by atoms with Gasteiger partial charge in [0.1, 0.15) is 22.8 Å². The van der Waals surface area contributed by atoms with E-state index in [1.54, 1.807) is 0 Å². The van der Waals surface area contributed by atoms with E-state index in [0.717, 1.165) is 11.1 Å². The molecule has 1 amide bonds. The number of amides is 1. The fourth-order valence-corrected chi connectivity index (χ4v) is 4.15. The molecule has 0 saturated carbocycles. The highest BCUT2D eigenvalue weighted by molar-refractivity contribution is 5.89. The normalized spacial score (nSPS) is 19.8. The minimum Gasteiger partial charge on any atom is -0.493 e. The van der Waals surface area contributed by atoms with Gasteiger partial charge in [-0.3, -0.25) is 4.79 Å². The first-order valence-electron chi connectivity index (χ1n) is 9.74. The first-order chi connectivity index (χ1) is 14.2. The molecule has 2 aliphatic rings. The number of fused-ring (bicyclic) bond motifs is 3. The van der Waals surface area contributed by atoms with Crippen molar-refractivity contribution < 1.29 is 19.4 Å². The fourth-order valence-electron chi connectivity index (χ4n) is 4.15. The number of aliphatic hydroxyl groups is 1. The van der Waals surface area contributed by atoms with Crippen molar-refractivity contribution >= 4 is 5.91 Å². The minimum absolute atomic E-state index is 0.119. The fraction of sp³-hybridized carbons (Fsp3) is 0.208. The molecule has 5 heteroatoms. The number of ether oxygens (including phenoxy) is 2. The number of benzene rings is 3. The van der Waals surface area contributed by atoms with Crippen molar-refractivity contribution in [2.45, 2.75) is 17.9 Å². The lowest BCUT2D eigenvalue weighted by molar-refractivity contribution is -0.123. The second kappa shape index (κ2) is 6.94. The molecular weight excluding hydrogens is 366 g/mol. The van der Waals surface area contributed by atoms with Crippen molar-refractivity contribution in [2.75, 3.05) is 13.2 Å². The Morgan fingerprint density at radius 3 is 2.21 bits per heavy atom. The summed E-state index contributed by atoms with van der Waals surface area (Å²) in [5.41, 5.74) is 1.19. The summed E-state index contributed by atoms with van der Waals surface area (Å²) in [5.74, 6) is 1.38. The van der Waals surface area contributed by atoms with E-state index >= 15 is 0 Å². The lowest BCUT2D eigenvalue weighted by atomic mass is 9.85. The molecular formula is C24H21NO4. The number of hydrogen-bond acceptors (Lipinski definition) is 4. The molecule has 0 aliphatic carbocycles. The maximum Gasteiger partial charge on any atom is 0.232 e. The molecule has 0 fully saturated rings. The van der Waals surface area contributed by atoms with Crippen LogP contribution in [0.15, 0.2) is 72.8 Å². The highest BCUT2D eigenvalue weighted by Crippen LogP contribution is 2.44. The molecule has 0 aromatic heterocycles. The van der Waals surface area contributed by atoms with E-state index in [2.05, 4.69) is 5.32 Å². The zero-order chi connectivity index (χ0) is 19.8. The molecule has 2 heterocycles. The molecule has 0 bridgehead atoms. The summed E-state index contributed by atoms with van der Waals surface area (Å²) in [5, 5.41) is 14.2. The van der Waals surface area contributed by atoms with Gasteiger partial charge < -0.3 is 19.9 Å². The largest absolute Gasteiger partial charge is 0.493 e. The maximum atomic E-state index is 13.3. The van der Waals surface area contributed by atoms with Crippen LogP contribution in [-0.4, -0.2) is 24.2 Å². The van der Waals surface area contributed by atoms with Gasteiger partial charge >= 0.3 is 0 Å². The molecule has 5 rings (SSSR count). The summed E-state index contributed by atoms with van der Waals surface area (Å²) >= 11 is 0. The summed E-state index contributed by atoms with van der Waals surface area (Å²) < 4.78 is 11.6. The van der Waals surface area contributed by atoms with Crippen LogP contribution in [0.3, 0.4) is 0 Å². The van der Waals surface area contributed by atoms with Crippen molar-refractivity contribution in [3.05, 3.63) is 89.5 Å². The maximum absolute atomic E-state index is 13.3. The van der Waals surface area contributed by atoms with Gasteiger partial charge in [0.2, 0.25) is 5.91 Å². The third-order valence-electron chi connectivity index (χ3n) is 5.66. The van der Waals surface area contributed by atoms with Crippen LogP contribution in [0.5, 0.6) is 17.2 Å². The van der Waals surface area contributed by atoms with Gasteiger partial charge in [-0.15, -0.1) is 0 Å². The third-order valence-corrected chi connectivity index (χ3v) is 5.66. The molecule has 29 heavy (non-hydrogen) atoms. The number of carbonyl (C=O) groups is 1. The summed E-state index contributed by atoms with van der Waals surface area (Å²) in [7, 11) is 0. The van der Waals surface area contributed by atoms with Crippen LogP contribution in [0.2, 0.25) is 0 Å². The van der Waals surface area contributed by atoms with Crippen molar-refractivity contribution in [1.82, 2.24) is 5.32 Å². The summed E-state index contributed by atoms with van der Waals surface area (Å²) in [4.78, 5) is 13.3. The van der Waals surface area contributed by atoms with Crippen LogP contribution in [0.1, 0.15) is 29.0 Å². The number of rotatable bonds is 3. The van der Waals surface area contributed by atoms with E-state index in [0.29, 0.717) is 35.8 Å². The van der Waals surface area contributed by atoms with E-state index in [1.165, 1.54) is 0 Å². The standard InChI is InChI=1S/C24H21NO4/c26-23(25-15-24(27)13-14-28-21-12-6-3-9-18(21)24)22-16-7-1-4-10-19(16)29-20-11-5-2-8-17(20)22/h1-12,22,27H,13-15H2,(H,25,26). The lowest BCUT2D eigenvalue weighted by Crippen LogP contribution is -2.45. The Kier molecular flexibility index (Phi) is 4.25. The van der Waals surface area contributed by atoms with Crippen molar-refractivity contribution in [2.24, 2.45) is 0 Å². The van der Waals surface area contributed by atoms with Crippen LogP contribution >= 0.6 is 0 Å². The molecule has 146 valence electrons. The van der Waals surface area contributed by atoms with Crippen LogP contribution in [0, 0.1) is 0 Å². The molecule has 2 aliphatic heterocycles. The van der Waals surface area contributed by atoms with Crippen LogP contribution in [0.4, 0.5) is 0 Å². The van der Waals surface area contributed by atoms with E-state index in [-0.39, 0.29) is 12.5 Å². The van der Waals surface area contributed by atoms with E-state index in [1.807, 2.05) is 72.8 Å². The molecule has 5 nitrogen and oxygen atoms in total. The summed E-state index contributed by atoms with van der Waals surface area (Å²) in [6.45, 7) is 0.528. The zero-order valence-corrected chi connectivity index (χ0v) is 15.8. The topological polar surface area (TPSA) is 67.8 Å². The Hall–Kier alpha value is -3.31. The monoisotopic (exact) mass is 387 g/mol. The predicted molar refractivity (Wildman–Crippen MR) is 108 cm³/mol. The SMILES string of the molecule is O=C(NCC1(O)CCOc2ccccc21)C1c2ccccc2Oc2ccccc21. The van der Waals surface area contributed by atoms with Crippen LogP contribution < -0.4 is 14.8 Å². The van der Waals surface area contributed by atoms with E-state index in [4.69, 9.17) is 9.47 Å². The van der Waals surface area contributed by atoms with Gasteiger partial charge in [-0.1, -0.05) is 54.6 Å². The molecule has 0 saturated heterocycles. The Bertz CT molecular complexity index is 1030. The highest BCUT2D eigenvalue weighted by atomic mass is 16.5. The zero-order valence-electron chi connectivity index (χ0n) is 15.8. The van der Waals surface area contributed by atoms with Crippen LogP contribution in [-0.2, 0) is 10.4 Å². The number of hydrogen-bond donors (Lipinski definition) is 2. The first kappa shape index (κ1) is 17.8. The average molecular weight is 387 g/mol. The Labute approximate surface area is 168 Å². The number of para-hydroxylation sites is 3. The molecule has 3 aromatic carbocycles. The Balaban J connectivity index is 1.44. The van der Waals surface area contributed by atoms with Gasteiger partial charge in [-0.05, 0) is 18.2 Å². The summed E-state index contributed by atoms with van der Waals surface area (Å²) in [6, 6.07) is 22.6. The Morgan fingerprint density at radius 2 is 1.52 bits per heavy atom. The third kappa shape index (κ3) is 3.04. The van der Waals surface area contributed by atoms with Gasteiger partial charge in [-0.25, -0.2) is 0 Å². The molecule has 3 aromatic rings. The lowest BCUT2D eigenvalue weighted by Gasteiger charge is -2.35. The number of carbonyl (C=O) groups excluding carboxylic acids is 1. The predicted octanol–water partition coefficient (Wildman–Crippen LogP) is 3.71. The van der Waals surface area contributed by atoms with Gasteiger partial charge in [0, 0.05) is 23.1 Å². The molecule has 0 spiro atoms. The molecule has 2 N–H and O–H groups in total. The van der Waals surface area contributed by atoms with Crippen LogP contribution in [0.25, 0.3) is 0 Å². The van der Waals surface area contributed by atoms with E-state index in [9.17, 15) is 9.90 Å². The van der Waals surface area contributed by atoms with E-state index < -0.39 is 11.5 Å². The smallest absolute Gasteiger partial charge is 0.232 e. The van der Waals surface area contributed by atoms with Gasteiger partial charge in [-0.2, -0.15) is 0 Å². The number of nitrogens with one attached hydrogen (secondary N) is 1. The Morgan fingerprint density at radius 1 is 0.931 bits per heavy atom. The van der Waals surface area contributed by atoms with Crippen molar-refractivity contribution in [3.8, 4) is 17.2 Å². The molecule has 0 radical (unpaired) electrons.